The van der Waals surface area contributed by atoms with Crippen LogP contribution in [0.3, 0.4) is 0 Å². The van der Waals surface area contributed by atoms with Gasteiger partial charge in [-0.25, -0.2) is 4.39 Å². The Morgan fingerprint density at radius 3 is 2.60 bits per heavy atom. The van der Waals surface area contributed by atoms with Gasteiger partial charge in [-0.3, -0.25) is 0 Å². The Hall–Kier alpha value is -0.410. The third-order valence-corrected chi connectivity index (χ3v) is 2.92. The van der Waals surface area contributed by atoms with Gasteiger partial charge >= 0.3 is 0 Å². The Morgan fingerprint density at radius 2 is 2.07 bits per heavy atom. The number of aliphatic hydroxyl groups excluding tert-OH is 1. The Balaban J connectivity index is 2.60. The van der Waals surface area contributed by atoms with Gasteiger partial charge in [-0.05, 0) is 59.3 Å². The maximum absolute atomic E-state index is 13.0. The summed E-state index contributed by atoms with van der Waals surface area (Å²) >= 11 is 3.16. The average molecular weight is 275 g/mol. The standard InChI is InChI=1S/C12H16BrFO/c1-8(5-9(2)15)6-10-3-4-12(14)11(13)7-10/h3-4,7-9,15H,5-6H2,1-2H3. The van der Waals surface area contributed by atoms with Crippen LogP contribution in [0.25, 0.3) is 0 Å². The van der Waals surface area contributed by atoms with Crippen molar-refractivity contribution in [3.8, 4) is 0 Å². The van der Waals surface area contributed by atoms with Gasteiger partial charge in [-0.1, -0.05) is 13.0 Å². The Kier molecular flexibility index (Phi) is 4.74. The van der Waals surface area contributed by atoms with Crippen LogP contribution in [0.15, 0.2) is 22.7 Å². The molecular weight excluding hydrogens is 259 g/mol. The van der Waals surface area contributed by atoms with Crippen LogP contribution in [-0.4, -0.2) is 11.2 Å². The summed E-state index contributed by atoms with van der Waals surface area (Å²) in [5.74, 6) is 0.171. The average Bonchev–Trinajstić information content (AvgIpc) is 2.10. The predicted octanol–water partition coefficient (Wildman–Crippen LogP) is 3.54. The molecule has 0 radical (unpaired) electrons. The van der Waals surface area contributed by atoms with Gasteiger partial charge < -0.3 is 5.11 Å². The van der Waals surface area contributed by atoms with Crippen molar-refractivity contribution in [3.05, 3.63) is 34.1 Å². The summed E-state index contributed by atoms with van der Waals surface area (Å²) in [6.07, 6.45) is 1.36. The van der Waals surface area contributed by atoms with Gasteiger partial charge in [-0.2, -0.15) is 0 Å². The first-order valence-electron chi connectivity index (χ1n) is 5.11. The molecule has 0 aliphatic carbocycles. The quantitative estimate of drug-likeness (QED) is 0.891. The molecule has 0 fully saturated rings. The molecule has 2 unspecified atom stereocenters. The minimum Gasteiger partial charge on any atom is -0.393 e. The highest BCUT2D eigenvalue weighted by Crippen LogP contribution is 2.20. The van der Waals surface area contributed by atoms with Crippen LogP contribution in [0.2, 0.25) is 0 Å². The zero-order chi connectivity index (χ0) is 11.4. The van der Waals surface area contributed by atoms with Gasteiger partial charge in [0.15, 0.2) is 0 Å². The lowest BCUT2D eigenvalue weighted by molar-refractivity contribution is 0.164. The lowest BCUT2D eigenvalue weighted by Crippen LogP contribution is -2.09. The molecule has 1 aromatic carbocycles. The second-order valence-electron chi connectivity index (χ2n) is 4.14. The van der Waals surface area contributed by atoms with Crippen LogP contribution < -0.4 is 0 Å². The van der Waals surface area contributed by atoms with Crippen LogP contribution in [0.4, 0.5) is 4.39 Å². The molecular formula is C12H16BrFO. The zero-order valence-electron chi connectivity index (χ0n) is 9.00. The monoisotopic (exact) mass is 274 g/mol. The minimum absolute atomic E-state index is 0.234. The van der Waals surface area contributed by atoms with E-state index in [1.807, 2.05) is 0 Å². The number of hydrogen-bond donors (Lipinski definition) is 1. The maximum atomic E-state index is 13.0. The highest BCUT2D eigenvalue weighted by Gasteiger charge is 2.08. The smallest absolute Gasteiger partial charge is 0.137 e. The van der Waals surface area contributed by atoms with Gasteiger partial charge in [0, 0.05) is 0 Å². The van der Waals surface area contributed by atoms with Crippen molar-refractivity contribution in [2.24, 2.45) is 5.92 Å². The van der Waals surface area contributed by atoms with Gasteiger partial charge in [-0.15, -0.1) is 0 Å². The van der Waals surface area contributed by atoms with E-state index in [0.29, 0.717) is 10.4 Å². The fourth-order valence-electron chi connectivity index (χ4n) is 1.73. The Labute approximate surface area is 98.4 Å². The summed E-state index contributed by atoms with van der Waals surface area (Å²) in [4.78, 5) is 0. The summed E-state index contributed by atoms with van der Waals surface area (Å²) in [5.41, 5.74) is 1.09. The highest BCUT2D eigenvalue weighted by molar-refractivity contribution is 9.10. The molecule has 0 amide bonds. The lowest BCUT2D eigenvalue weighted by atomic mass is 9.96. The lowest BCUT2D eigenvalue weighted by Gasteiger charge is -2.13. The first-order chi connectivity index (χ1) is 6.99. The predicted molar refractivity (Wildman–Crippen MR) is 63.3 cm³/mol. The van der Waals surface area contributed by atoms with Crippen molar-refractivity contribution in [1.29, 1.82) is 0 Å². The third-order valence-electron chi connectivity index (χ3n) is 2.31. The van der Waals surface area contributed by atoms with E-state index in [9.17, 15) is 9.50 Å². The molecule has 0 saturated carbocycles. The van der Waals surface area contributed by atoms with Gasteiger partial charge in [0.05, 0.1) is 10.6 Å². The summed E-state index contributed by atoms with van der Waals surface area (Å²) in [7, 11) is 0. The van der Waals surface area contributed by atoms with Crippen molar-refractivity contribution in [2.75, 3.05) is 0 Å². The third kappa shape index (κ3) is 4.31. The highest BCUT2D eigenvalue weighted by atomic mass is 79.9. The van der Waals surface area contributed by atoms with Gasteiger partial charge in [0.1, 0.15) is 5.82 Å². The van der Waals surface area contributed by atoms with E-state index in [1.54, 1.807) is 19.1 Å². The SMILES string of the molecule is CC(O)CC(C)Cc1ccc(F)c(Br)c1. The van der Waals surface area contributed by atoms with Crippen LogP contribution in [0.1, 0.15) is 25.8 Å². The van der Waals surface area contributed by atoms with Crippen LogP contribution in [-0.2, 0) is 6.42 Å². The van der Waals surface area contributed by atoms with Gasteiger partial charge in [0.25, 0.3) is 0 Å². The largest absolute Gasteiger partial charge is 0.393 e. The fourth-order valence-corrected chi connectivity index (χ4v) is 2.16. The zero-order valence-corrected chi connectivity index (χ0v) is 10.6. The van der Waals surface area contributed by atoms with Crippen LogP contribution in [0, 0.1) is 11.7 Å². The molecule has 0 heterocycles. The number of rotatable bonds is 4. The van der Waals surface area contributed by atoms with E-state index in [1.165, 1.54) is 6.07 Å². The molecule has 0 bridgehead atoms. The maximum Gasteiger partial charge on any atom is 0.137 e. The Morgan fingerprint density at radius 1 is 1.40 bits per heavy atom. The summed E-state index contributed by atoms with van der Waals surface area (Å²) in [5, 5.41) is 9.23. The summed E-state index contributed by atoms with van der Waals surface area (Å²) < 4.78 is 13.5. The molecule has 3 heteroatoms. The molecule has 1 aromatic rings. The number of benzene rings is 1. The van der Waals surface area contributed by atoms with E-state index in [4.69, 9.17) is 0 Å². The van der Waals surface area contributed by atoms with Crippen molar-refractivity contribution < 1.29 is 9.50 Å². The van der Waals surface area contributed by atoms with Crippen molar-refractivity contribution in [3.63, 3.8) is 0 Å². The molecule has 84 valence electrons. The van der Waals surface area contributed by atoms with E-state index >= 15 is 0 Å². The van der Waals surface area contributed by atoms with Crippen molar-refractivity contribution in [1.82, 2.24) is 0 Å². The first-order valence-corrected chi connectivity index (χ1v) is 5.90. The molecule has 0 aliphatic heterocycles. The van der Waals surface area contributed by atoms with Gasteiger partial charge in [0.2, 0.25) is 0 Å². The number of aliphatic hydroxyl groups is 1. The molecule has 0 saturated heterocycles. The number of halogens is 2. The molecule has 1 nitrogen and oxygen atoms in total. The van der Waals surface area contributed by atoms with Crippen LogP contribution >= 0.6 is 15.9 Å². The van der Waals surface area contributed by atoms with E-state index in [0.717, 1.165) is 18.4 Å². The molecule has 15 heavy (non-hydrogen) atoms. The molecule has 0 aromatic heterocycles. The van der Waals surface area contributed by atoms with Crippen molar-refractivity contribution >= 4 is 15.9 Å². The van der Waals surface area contributed by atoms with E-state index in [-0.39, 0.29) is 11.9 Å². The van der Waals surface area contributed by atoms with E-state index in [2.05, 4.69) is 22.9 Å². The van der Waals surface area contributed by atoms with E-state index < -0.39 is 0 Å². The fraction of sp³-hybridized carbons (Fsp3) is 0.500. The Bertz CT molecular complexity index is 325. The first kappa shape index (κ1) is 12.7. The number of hydrogen-bond acceptors (Lipinski definition) is 1. The molecule has 2 atom stereocenters. The topological polar surface area (TPSA) is 20.2 Å². The van der Waals surface area contributed by atoms with Crippen LogP contribution in [0.5, 0.6) is 0 Å². The molecule has 1 N–H and O–H groups in total. The molecule has 0 aliphatic rings. The summed E-state index contributed by atoms with van der Waals surface area (Å²) in [6, 6.07) is 5.06. The second kappa shape index (κ2) is 5.61. The summed E-state index contributed by atoms with van der Waals surface area (Å²) in [6.45, 7) is 3.88. The normalized spacial score (nSPS) is 15.0. The molecule has 0 spiro atoms. The van der Waals surface area contributed by atoms with Crippen molar-refractivity contribution in [2.45, 2.75) is 32.8 Å². The minimum atomic E-state index is -0.274. The second-order valence-corrected chi connectivity index (χ2v) is 5.00. The molecule has 1 rings (SSSR count).